The Balaban J connectivity index is 1.81. The van der Waals surface area contributed by atoms with Crippen molar-refractivity contribution in [1.29, 1.82) is 0 Å². The lowest BCUT2D eigenvalue weighted by Crippen LogP contribution is -2.43. The molecule has 0 fully saturated rings. The fourth-order valence-electron chi connectivity index (χ4n) is 2.17. The van der Waals surface area contributed by atoms with Crippen molar-refractivity contribution in [2.24, 2.45) is 0 Å². The van der Waals surface area contributed by atoms with Gasteiger partial charge in [-0.3, -0.25) is 20.4 Å². The minimum Gasteiger partial charge on any atom is -0.497 e. The molecule has 2 aromatic rings. The van der Waals surface area contributed by atoms with Crippen LogP contribution in [0, 0.1) is 5.82 Å². The second kappa shape index (κ2) is 10.5. The Hall–Kier alpha value is -3.88. The molecule has 2 amide bonds. The smallest absolute Gasteiger partial charge is 0.331 e. The van der Waals surface area contributed by atoms with Gasteiger partial charge in [0.15, 0.2) is 6.61 Å². The van der Waals surface area contributed by atoms with Crippen molar-refractivity contribution >= 4 is 23.9 Å². The Kier molecular flexibility index (Phi) is 7.72. The number of halogens is 1. The molecule has 2 rings (SSSR count). The van der Waals surface area contributed by atoms with Gasteiger partial charge >= 0.3 is 5.97 Å². The lowest BCUT2D eigenvalue weighted by molar-refractivity contribution is -0.144. The van der Waals surface area contributed by atoms with Crippen LogP contribution in [0.1, 0.15) is 15.9 Å². The van der Waals surface area contributed by atoms with E-state index < -0.39 is 30.2 Å². The van der Waals surface area contributed by atoms with Gasteiger partial charge in [-0.05, 0) is 30.3 Å². The number of benzene rings is 2. The molecular formula is C20H19FN2O6. The third-order valence-corrected chi connectivity index (χ3v) is 3.62. The van der Waals surface area contributed by atoms with Gasteiger partial charge in [-0.1, -0.05) is 12.1 Å². The Labute approximate surface area is 166 Å². The maximum atomic E-state index is 13.5. The molecule has 0 bridgehead atoms. The maximum Gasteiger partial charge on any atom is 0.331 e. The Morgan fingerprint density at radius 1 is 1.03 bits per heavy atom. The fraction of sp³-hybridized carbons (Fsp3) is 0.150. The summed E-state index contributed by atoms with van der Waals surface area (Å²) in [5, 5.41) is 0. The molecule has 0 saturated heterocycles. The molecule has 0 aliphatic rings. The molecule has 2 N–H and O–H groups in total. The molecule has 8 nitrogen and oxygen atoms in total. The van der Waals surface area contributed by atoms with Gasteiger partial charge in [-0.25, -0.2) is 9.18 Å². The van der Waals surface area contributed by atoms with Gasteiger partial charge in [0.25, 0.3) is 11.8 Å². The first kappa shape index (κ1) is 21.4. The van der Waals surface area contributed by atoms with E-state index in [2.05, 4.69) is 0 Å². The number of hydrogen-bond acceptors (Lipinski definition) is 6. The number of hydrazine groups is 1. The van der Waals surface area contributed by atoms with Crippen LogP contribution in [-0.2, 0) is 14.3 Å². The van der Waals surface area contributed by atoms with Crippen LogP contribution >= 0.6 is 0 Å². The van der Waals surface area contributed by atoms with Crippen molar-refractivity contribution < 1.29 is 33.0 Å². The SMILES string of the molecule is COc1ccc(/C=C/C(=O)OCC(=O)NNC(=O)c2ccccc2F)c(OC)c1. The summed E-state index contributed by atoms with van der Waals surface area (Å²) in [7, 11) is 3.00. The first-order valence-electron chi connectivity index (χ1n) is 8.35. The number of esters is 1. The van der Waals surface area contributed by atoms with E-state index in [4.69, 9.17) is 14.2 Å². The van der Waals surface area contributed by atoms with Gasteiger partial charge in [0.1, 0.15) is 17.3 Å². The van der Waals surface area contributed by atoms with Crippen LogP contribution in [-0.4, -0.2) is 38.6 Å². The molecule has 0 atom stereocenters. The van der Waals surface area contributed by atoms with E-state index in [1.807, 2.05) is 10.9 Å². The first-order valence-corrected chi connectivity index (χ1v) is 8.35. The third-order valence-electron chi connectivity index (χ3n) is 3.62. The third kappa shape index (κ3) is 6.35. The molecule has 0 spiro atoms. The van der Waals surface area contributed by atoms with Gasteiger partial charge in [0.05, 0.1) is 19.8 Å². The first-order chi connectivity index (χ1) is 13.9. The molecular weight excluding hydrogens is 383 g/mol. The van der Waals surface area contributed by atoms with E-state index >= 15 is 0 Å². The van der Waals surface area contributed by atoms with Crippen LogP contribution in [0.25, 0.3) is 6.08 Å². The van der Waals surface area contributed by atoms with Crippen LogP contribution in [0.5, 0.6) is 11.5 Å². The lowest BCUT2D eigenvalue weighted by Gasteiger charge is -2.08. The predicted molar refractivity (Wildman–Crippen MR) is 102 cm³/mol. The van der Waals surface area contributed by atoms with E-state index in [1.165, 1.54) is 38.5 Å². The van der Waals surface area contributed by atoms with Crippen LogP contribution in [0.15, 0.2) is 48.5 Å². The van der Waals surface area contributed by atoms with Gasteiger partial charge in [-0.15, -0.1) is 0 Å². The van der Waals surface area contributed by atoms with Gasteiger partial charge in [0, 0.05) is 17.7 Å². The molecule has 0 unspecified atom stereocenters. The second-order valence-electron chi connectivity index (χ2n) is 5.53. The molecule has 152 valence electrons. The molecule has 0 aliphatic carbocycles. The fourth-order valence-corrected chi connectivity index (χ4v) is 2.17. The molecule has 0 aliphatic heterocycles. The summed E-state index contributed by atoms with van der Waals surface area (Å²) in [5.41, 5.74) is 4.43. The van der Waals surface area contributed by atoms with E-state index in [1.54, 1.807) is 18.2 Å². The number of rotatable bonds is 7. The molecule has 0 radical (unpaired) electrons. The molecule has 9 heteroatoms. The summed E-state index contributed by atoms with van der Waals surface area (Å²) in [6.45, 7) is -0.638. The average molecular weight is 402 g/mol. The summed E-state index contributed by atoms with van der Waals surface area (Å²) in [4.78, 5) is 35.2. The zero-order chi connectivity index (χ0) is 21.2. The van der Waals surface area contributed by atoms with Gasteiger partial charge in [0.2, 0.25) is 0 Å². The Bertz CT molecular complexity index is 929. The summed E-state index contributed by atoms with van der Waals surface area (Å²) >= 11 is 0. The lowest BCUT2D eigenvalue weighted by atomic mass is 10.2. The number of carbonyl (C=O) groups is 3. The molecule has 0 heterocycles. The van der Waals surface area contributed by atoms with Gasteiger partial charge in [-0.2, -0.15) is 0 Å². The van der Waals surface area contributed by atoms with Crippen molar-refractivity contribution in [3.05, 3.63) is 65.5 Å². The van der Waals surface area contributed by atoms with Crippen LogP contribution in [0.4, 0.5) is 4.39 Å². The summed E-state index contributed by atoms with van der Waals surface area (Å²) < 4.78 is 28.5. The number of carbonyl (C=O) groups excluding carboxylic acids is 3. The normalized spacial score (nSPS) is 10.3. The quantitative estimate of drug-likeness (QED) is 0.416. The van der Waals surface area contributed by atoms with Gasteiger partial charge < -0.3 is 14.2 Å². The van der Waals surface area contributed by atoms with E-state index in [0.29, 0.717) is 17.1 Å². The highest BCUT2D eigenvalue weighted by molar-refractivity contribution is 5.96. The number of ether oxygens (including phenoxy) is 3. The monoisotopic (exact) mass is 402 g/mol. The van der Waals surface area contributed by atoms with Crippen LogP contribution < -0.4 is 20.3 Å². The standard InChI is InChI=1S/C20H19FN2O6/c1-27-14-9-7-13(17(11-14)28-2)8-10-19(25)29-12-18(24)22-23-20(26)15-5-3-4-6-16(15)21/h3-11H,12H2,1-2H3,(H,22,24)(H,23,26)/b10-8+. The summed E-state index contributed by atoms with van der Waals surface area (Å²) in [6, 6.07) is 10.3. The minimum absolute atomic E-state index is 0.235. The number of nitrogens with one attached hydrogen (secondary N) is 2. The number of hydrogen-bond donors (Lipinski definition) is 2. The van der Waals surface area contributed by atoms with Crippen molar-refractivity contribution in [2.45, 2.75) is 0 Å². The zero-order valence-corrected chi connectivity index (χ0v) is 15.7. The molecule has 0 aromatic heterocycles. The Morgan fingerprint density at radius 3 is 2.48 bits per heavy atom. The van der Waals surface area contributed by atoms with E-state index in [0.717, 1.165) is 12.1 Å². The predicted octanol–water partition coefficient (Wildman–Crippen LogP) is 1.86. The average Bonchev–Trinajstić information content (AvgIpc) is 2.74. The van der Waals surface area contributed by atoms with Crippen molar-refractivity contribution in [3.63, 3.8) is 0 Å². The topological polar surface area (TPSA) is 103 Å². The van der Waals surface area contributed by atoms with Crippen LogP contribution in [0.2, 0.25) is 0 Å². The number of amides is 2. The summed E-state index contributed by atoms with van der Waals surface area (Å²) in [6.07, 6.45) is 2.58. The van der Waals surface area contributed by atoms with Crippen molar-refractivity contribution in [3.8, 4) is 11.5 Å². The highest BCUT2D eigenvalue weighted by atomic mass is 19.1. The minimum atomic E-state index is -0.839. The molecule has 0 saturated carbocycles. The molecule has 29 heavy (non-hydrogen) atoms. The Morgan fingerprint density at radius 2 is 1.79 bits per heavy atom. The maximum absolute atomic E-state index is 13.5. The van der Waals surface area contributed by atoms with E-state index in [-0.39, 0.29) is 5.56 Å². The largest absolute Gasteiger partial charge is 0.497 e. The van der Waals surface area contributed by atoms with E-state index in [9.17, 15) is 18.8 Å². The van der Waals surface area contributed by atoms with Crippen LogP contribution in [0.3, 0.4) is 0 Å². The summed E-state index contributed by atoms with van der Waals surface area (Å²) in [5.74, 6) is -2.06. The van der Waals surface area contributed by atoms with Crippen molar-refractivity contribution in [2.75, 3.05) is 20.8 Å². The second-order valence-corrected chi connectivity index (χ2v) is 5.53. The highest BCUT2D eigenvalue weighted by Crippen LogP contribution is 2.25. The van der Waals surface area contributed by atoms with Crippen molar-refractivity contribution in [1.82, 2.24) is 10.9 Å². The zero-order valence-electron chi connectivity index (χ0n) is 15.7. The highest BCUT2D eigenvalue weighted by Gasteiger charge is 2.12. The number of methoxy groups -OCH3 is 2. The molecule has 2 aromatic carbocycles.